The molecule has 1 nitrogen and oxygen atoms in total. The number of Topliss-reactive ketones (excluding diaryl/α,β-unsaturated/α-hetero) is 1. The molecule has 0 fully saturated rings. The van der Waals surface area contributed by atoms with E-state index in [4.69, 9.17) is 0 Å². The average molecular weight is 299 g/mol. The second kappa shape index (κ2) is 5.14. The SMILES string of the molecule is Cc1cc2c(cc1C#C[Si](C)(C)C)C(=O)CC(C)C2(C)C. The minimum absolute atomic E-state index is 0.0543. The molecule has 2 heteroatoms. The molecule has 0 aromatic heterocycles. The van der Waals surface area contributed by atoms with Crippen molar-refractivity contribution in [2.24, 2.45) is 5.92 Å². The molecule has 0 saturated heterocycles. The van der Waals surface area contributed by atoms with E-state index in [1.165, 1.54) is 11.1 Å². The number of benzene rings is 1. The van der Waals surface area contributed by atoms with E-state index in [9.17, 15) is 4.79 Å². The summed E-state index contributed by atoms with van der Waals surface area (Å²) in [6, 6.07) is 4.23. The maximum atomic E-state index is 12.4. The second-order valence-corrected chi connectivity index (χ2v) is 12.7. The molecule has 0 aliphatic heterocycles. The van der Waals surface area contributed by atoms with Crippen molar-refractivity contribution in [1.29, 1.82) is 0 Å². The topological polar surface area (TPSA) is 17.1 Å². The van der Waals surface area contributed by atoms with E-state index >= 15 is 0 Å². The van der Waals surface area contributed by atoms with Crippen LogP contribution in [0.4, 0.5) is 0 Å². The highest BCUT2D eigenvalue weighted by Gasteiger charge is 2.37. The standard InChI is InChI=1S/C19H26OSi/c1-13-10-17-16(12-15(13)8-9-21(5,6)7)18(20)11-14(2)19(17,3)4/h10,12,14H,11H2,1-7H3. The fourth-order valence-corrected chi connectivity index (χ4v) is 3.28. The fraction of sp³-hybridized carbons (Fsp3) is 0.526. The molecular formula is C19H26OSi. The Morgan fingerprint density at radius 3 is 2.43 bits per heavy atom. The number of aryl methyl sites for hydroxylation is 1. The summed E-state index contributed by atoms with van der Waals surface area (Å²) in [7, 11) is -1.40. The predicted octanol–water partition coefficient (Wildman–Crippen LogP) is 4.72. The van der Waals surface area contributed by atoms with Gasteiger partial charge in [-0.05, 0) is 35.4 Å². The lowest BCUT2D eigenvalue weighted by Crippen LogP contribution is -2.35. The molecule has 1 aliphatic rings. The number of rotatable bonds is 0. The van der Waals surface area contributed by atoms with Gasteiger partial charge < -0.3 is 0 Å². The van der Waals surface area contributed by atoms with Crippen molar-refractivity contribution in [1.82, 2.24) is 0 Å². The van der Waals surface area contributed by atoms with Crippen LogP contribution in [-0.2, 0) is 5.41 Å². The summed E-state index contributed by atoms with van der Waals surface area (Å²) in [4.78, 5) is 12.4. The molecule has 21 heavy (non-hydrogen) atoms. The summed E-state index contributed by atoms with van der Waals surface area (Å²) in [5.41, 5.74) is 7.76. The first-order valence-electron chi connectivity index (χ1n) is 7.74. The van der Waals surface area contributed by atoms with E-state index in [1.54, 1.807) is 0 Å². The van der Waals surface area contributed by atoms with Gasteiger partial charge in [-0.1, -0.05) is 52.4 Å². The third-order valence-electron chi connectivity index (χ3n) is 4.65. The summed E-state index contributed by atoms with van der Waals surface area (Å²) in [6.07, 6.45) is 0.643. The summed E-state index contributed by atoms with van der Waals surface area (Å²) >= 11 is 0. The van der Waals surface area contributed by atoms with Gasteiger partial charge in [0.2, 0.25) is 0 Å². The van der Waals surface area contributed by atoms with E-state index in [1.807, 2.05) is 6.07 Å². The summed E-state index contributed by atoms with van der Waals surface area (Å²) < 4.78 is 0. The number of carbonyl (C=O) groups excluding carboxylic acids is 1. The van der Waals surface area contributed by atoms with Crippen LogP contribution in [0, 0.1) is 24.3 Å². The molecule has 0 amide bonds. The van der Waals surface area contributed by atoms with Crippen LogP contribution in [0.3, 0.4) is 0 Å². The first kappa shape index (κ1) is 16.0. The van der Waals surface area contributed by atoms with Gasteiger partial charge in [0, 0.05) is 17.5 Å². The van der Waals surface area contributed by atoms with Crippen LogP contribution in [-0.4, -0.2) is 13.9 Å². The lowest BCUT2D eigenvalue weighted by Gasteiger charge is -2.38. The Balaban J connectivity index is 2.59. The maximum Gasteiger partial charge on any atom is 0.163 e. The van der Waals surface area contributed by atoms with Crippen LogP contribution in [0.5, 0.6) is 0 Å². The highest BCUT2D eigenvalue weighted by molar-refractivity contribution is 6.83. The molecule has 1 aliphatic carbocycles. The molecule has 0 heterocycles. The molecule has 112 valence electrons. The first-order chi connectivity index (χ1) is 9.52. The largest absolute Gasteiger partial charge is 0.294 e. The van der Waals surface area contributed by atoms with E-state index in [0.717, 1.165) is 11.1 Å². The Morgan fingerprint density at radius 2 is 1.86 bits per heavy atom. The van der Waals surface area contributed by atoms with Crippen molar-refractivity contribution in [3.05, 3.63) is 34.4 Å². The third kappa shape index (κ3) is 3.14. The van der Waals surface area contributed by atoms with Gasteiger partial charge in [-0.2, -0.15) is 0 Å². The summed E-state index contributed by atoms with van der Waals surface area (Å²) in [6.45, 7) is 15.5. The van der Waals surface area contributed by atoms with Gasteiger partial charge in [-0.15, -0.1) is 5.54 Å². The molecule has 0 saturated carbocycles. The molecular weight excluding hydrogens is 272 g/mol. The molecule has 1 aromatic rings. The summed E-state index contributed by atoms with van der Waals surface area (Å²) in [5, 5.41) is 0. The highest BCUT2D eigenvalue weighted by atomic mass is 28.3. The van der Waals surface area contributed by atoms with Crippen LogP contribution in [0.15, 0.2) is 12.1 Å². The van der Waals surface area contributed by atoms with Crippen molar-refractivity contribution in [3.63, 3.8) is 0 Å². The van der Waals surface area contributed by atoms with Crippen LogP contribution in [0.2, 0.25) is 19.6 Å². The van der Waals surface area contributed by atoms with Crippen molar-refractivity contribution >= 4 is 13.9 Å². The number of fused-ring (bicyclic) bond motifs is 1. The zero-order valence-electron chi connectivity index (χ0n) is 14.3. The second-order valence-electron chi connectivity index (χ2n) is 7.96. The molecule has 0 bridgehead atoms. The summed E-state index contributed by atoms with van der Waals surface area (Å²) in [5.74, 6) is 3.98. The van der Waals surface area contributed by atoms with Crippen molar-refractivity contribution in [2.75, 3.05) is 0 Å². The van der Waals surface area contributed by atoms with Crippen molar-refractivity contribution in [2.45, 2.75) is 59.2 Å². The molecule has 0 spiro atoms. The van der Waals surface area contributed by atoms with Crippen molar-refractivity contribution < 1.29 is 4.79 Å². The van der Waals surface area contributed by atoms with Crippen LogP contribution in [0.1, 0.15) is 54.2 Å². The lowest BCUT2D eigenvalue weighted by molar-refractivity contribution is 0.0920. The van der Waals surface area contributed by atoms with Gasteiger partial charge >= 0.3 is 0 Å². The van der Waals surface area contributed by atoms with Gasteiger partial charge in [0.15, 0.2) is 5.78 Å². The monoisotopic (exact) mass is 298 g/mol. The van der Waals surface area contributed by atoms with E-state index in [0.29, 0.717) is 12.3 Å². The predicted molar refractivity (Wildman–Crippen MR) is 92.5 cm³/mol. The fourth-order valence-electron chi connectivity index (χ4n) is 2.77. The smallest absolute Gasteiger partial charge is 0.163 e. The van der Waals surface area contributed by atoms with Gasteiger partial charge in [0.25, 0.3) is 0 Å². The number of hydrogen-bond acceptors (Lipinski definition) is 1. The minimum atomic E-state index is -1.40. The van der Waals surface area contributed by atoms with E-state index in [-0.39, 0.29) is 11.2 Å². The van der Waals surface area contributed by atoms with Gasteiger partial charge in [-0.3, -0.25) is 4.79 Å². The number of ketones is 1. The Labute approximate surface area is 130 Å². The third-order valence-corrected chi connectivity index (χ3v) is 5.53. The van der Waals surface area contributed by atoms with Crippen LogP contribution in [0.25, 0.3) is 0 Å². The zero-order valence-corrected chi connectivity index (χ0v) is 15.3. The van der Waals surface area contributed by atoms with Crippen molar-refractivity contribution in [3.8, 4) is 11.5 Å². The molecule has 1 unspecified atom stereocenters. The van der Waals surface area contributed by atoms with Gasteiger partial charge in [0.05, 0.1) is 0 Å². The Bertz CT molecular complexity index is 651. The Hall–Kier alpha value is -1.33. The maximum absolute atomic E-state index is 12.4. The number of hydrogen-bond donors (Lipinski definition) is 0. The van der Waals surface area contributed by atoms with Gasteiger partial charge in [0.1, 0.15) is 8.07 Å². The molecule has 1 atom stereocenters. The van der Waals surface area contributed by atoms with Gasteiger partial charge in [-0.25, -0.2) is 0 Å². The minimum Gasteiger partial charge on any atom is -0.294 e. The highest BCUT2D eigenvalue weighted by Crippen LogP contribution is 2.41. The molecule has 0 radical (unpaired) electrons. The van der Waals surface area contributed by atoms with E-state index < -0.39 is 8.07 Å². The quantitative estimate of drug-likeness (QED) is 0.500. The van der Waals surface area contributed by atoms with Crippen LogP contribution < -0.4 is 0 Å². The lowest BCUT2D eigenvalue weighted by atomic mass is 9.65. The van der Waals surface area contributed by atoms with Crippen LogP contribution >= 0.6 is 0 Å². The molecule has 0 N–H and O–H groups in total. The first-order valence-corrected chi connectivity index (χ1v) is 11.2. The molecule has 2 rings (SSSR count). The zero-order chi connectivity index (χ0) is 16.0. The average Bonchev–Trinajstić information content (AvgIpc) is 2.34. The van der Waals surface area contributed by atoms with E-state index in [2.05, 4.69) is 64.9 Å². The molecule has 1 aromatic carbocycles. The Morgan fingerprint density at radius 1 is 1.24 bits per heavy atom. The number of carbonyl (C=O) groups is 1. The Kier molecular flexibility index (Phi) is 3.93. The normalized spacial score (nSPS) is 20.5.